The number of carbonyl (C=O) groups excluding carboxylic acids is 3. The van der Waals surface area contributed by atoms with Crippen molar-refractivity contribution in [2.75, 3.05) is 49.6 Å². The van der Waals surface area contributed by atoms with Gasteiger partial charge in [-0.3, -0.25) is 14.4 Å². The minimum Gasteiger partial charge on any atom is -0.394 e. The Labute approximate surface area is 258 Å². The third kappa shape index (κ3) is 4.86. The Morgan fingerprint density at radius 2 is 1.67 bits per heavy atom. The number of hydrogen-bond acceptors (Lipinski definition) is 6. The molecule has 1 N–H and O–H groups in total. The zero-order valence-electron chi connectivity index (χ0n) is 25.0. The third-order valence-electron chi connectivity index (χ3n) is 9.51. The van der Waals surface area contributed by atoms with Gasteiger partial charge in [-0.1, -0.05) is 54.6 Å². The summed E-state index contributed by atoms with van der Waals surface area (Å²) < 4.78 is -0.929. The predicted molar refractivity (Wildman–Crippen MR) is 171 cm³/mol. The van der Waals surface area contributed by atoms with Crippen molar-refractivity contribution in [3.8, 4) is 0 Å². The molecule has 8 nitrogen and oxygen atoms in total. The molecule has 2 saturated heterocycles. The number of aliphatic hydroxyl groups is 1. The van der Waals surface area contributed by atoms with Gasteiger partial charge in [-0.15, -0.1) is 11.8 Å². The van der Waals surface area contributed by atoms with E-state index in [1.54, 1.807) is 33.5 Å². The summed E-state index contributed by atoms with van der Waals surface area (Å²) in [6.07, 6.45) is 8.45. The van der Waals surface area contributed by atoms with Gasteiger partial charge in [0.25, 0.3) is 5.91 Å². The van der Waals surface area contributed by atoms with Gasteiger partial charge in [-0.2, -0.15) is 0 Å². The Morgan fingerprint density at radius 3 is 2.35 bits per heavy atom. The molecule has 2 aromatic carbocycles. The topological polar surface area (TPSA) is 84.4 Å². The quantitative estimate of drug-likeness (QED) is 0.468. The Morgan fingerprint density at radius 1 is 0.953 bits per heavy atom. The zero-order valence-corrected chi connectivity index (χ0v) is 25.8. The molecular formula is C34H40N4O4S. The average molecular weight is 601 g/mol. The maximum atomic E-state index is 14.8. The minimum absolute atomic E-state index is 0.0733. The van der Waals surface area contributed by atoms with E-state index in [2.05, 4.69) is 18.7 Å². The van der Waals surface area contributed by atoms with E-state index in [0.717, 1.165) is 30.0 Å². The highest BCUT2D eigenvalue weighted by Gasteiger charge is 2.71. The van der Waals surface area contributed by atoms with Crippen LogP contribution in [0, 0.1) is 11.8 Å². The van der Waals surface area contributed by atoms with E-state index in [0.29, 0.717) is 19.5 Å². The highest BCUT2D eigenvalue weighted by molar-refractivity contribution is 8.02. The zero-order chi connectivity index (χ0) is 30.3. The first kappa shape index (κ1) is 29.5. The number of thioether (sulfide) groups is 1. The molecule has 3 amide bonds. The van der Waals surface area contributed by atoms with E-state index in [-0.39, 0.29) is 29.6 Å². The number of benzene rings is 2. The second kappa shape index (κ2) is 11.8. The number of anilines is 2. The van der Waals surface area contributed by atoms with Crippen LogP contribution in [0.1, 0.15) is 19.4 Å². The van der Waals surface area contributed by atoms with Crippen LogP contribution in [0.5, 0.6) is 0 Å². The van der Waals surface area contributed by atoms with E-state index < -0.39 is 28.7 Å². The van der Waals surface area contributed by atoms with E-state index in [1.807, 2.05) is 78.9 Å². The average Bonchev–Trinajstić information content (AvgIpc) is 3.36. The summed E-state index contributed by atoms with van der Waals surface area (Å²) in [6.45, 7) is 6.57. The van der Waals surface area contributed by atoms with Crippen molar-refractivity contribution in [3.05, 3.63) is 84.5 Å². The van der Waals surface area contributed by atoms with Crippen molar-refractivity contribution < 1.29 is 19.5 Å². The first-order chi connectivity index (χ1) is 20.8. The predicted octanol–water partition coefficient (Wildman–Crippen LogP) is 3.36. The molecule has 4 aliphatic heterocycles. The normalized spacial score (nSPS) is 28.8. The van der Waals surface area contributed by atoms with Crippen LogP contribution in [-0.2, 0) is 20.8 Å². The summed E-state index contributed by atoms with van der Waals surface area (Å²) in [5, 5.41) is 10.5. The van der Waals surface area contributed by atoms with Gasteiger partial charge in [0.05, 0.1) is 29.2 Å². The fourth-order valence-corrected chi connectivity index (χ4v) is 9.39. The maximum absolute atomic E-state index is 14.8. The molecule has 9 heteroatoms. The van der Waals surface area contributed by atoms with Gasteiger partial charge in [0, 0.05) is 49.9 Å². The summed E-state index contributed by atoms with van der Waals surface area (Å²) in [7, 11) is 1.77. The maximum Gasteiger partial charge on any atom is 0.251 e. The molecule has 0 saturated carbocycles. The number of aliphatic hydroxyl groups excluding tert-OH is 1. The first-order valence-corrected chi connectivity index (χ1v) is 16.1. The van der Waals surface area contributed by atoms with Crippen LogP contribution < -0.4 is 9.80 Å². The lowest BCUT2D eigenvalue weighted by atomic mass is 9.78. The summed E-state index contributed by atoms with van der Waals surface area (Å²) in [4.78, 5) is 50.5. The van der Waals surface area contributed by atoms with E-state index in [9.17, 15) is 19.5 Å². The molecular weight excluding hydrogens is 560 g/mol. The Hall–Kier alpha value is -3.56. The number of rotatable bonds is 8. The standard InChI is InChI=1S/C34H40N4O4S/c1-4-36(5-2)24-14-16-25(17-15-24)37-20-10-18-34-29(28-27(43-34)13-9-19-35(3)31(28)40)32(41)38(30(34)33(37)42)26(22-39)21-23-11-7-6-8-12-23/h6-18,26-30,39H,4-5,19-22H2,1-3H3/t26-,27-,28+,29+,30?,34+/m1/s1. The largest absolute Gasteiger partial charge is 0.394 e. The van der Waals surface area contributed by atoms with Gasteiger partial charge in [-0.25, -0.2) is 0 Å². The molecule has 6 rings (SSSR count). The number of hydrogen-bond donors (Lipinski definition) is 1. The van der Waals surface area contributed by atoms with Crippen molar-refractivity contribution in [3.63, 3.8) is 0 Å². The van der Waals surface area contributed by atoms with Gasteiger partial charge in [-0.05, 0) is 50.1 Å². The van der Waals surface area contributed by atoms with Crippen LogP contribution in [0.2, 0.25) is 0 Å². The van der Waals surface area contributed by atoms with Gasteiger partial charge in [0.15, 0.2) is 0 Å². The summed E-state index contributed by atoms with van der Waals surface area (Å²) >= 11 is 1.56. The number of nitrogens with zero attached hydrogens (tertiary/aromatic N) is 4. The van der Waals surface area contributed by atoms with Gasteiger partial charge in [0.1, 0.15) is 6.04 Å². The molecule has 2 fully saturated rings. The van der Waals surface area contributed by atoms with Gasteiger partial charge in [0.2, 0.25) is 11.8 Å². The highest BCUT2D eigenvalue weighted by Crippen LogP contribution is 2.61. The smallest absolute Gasteiger partial charge is 0.251 e. The van der Waals surface area contributed by atoms with Crippen molar-refractivity contribution >= 4 is 40.9 Å². The van der Waals surface area contributed by atoms with E-state index in [4.69, 9.17) is 0 Å². The lowest BCUT2D eigenvalue weighted by Crippen LogP contribution is -2.57. The monoisotopic (exact) mass is 600 g/mol. The summed E-state index contributed by atoms with van der Waals surface area (Å²) in [5.41, 5.74) is 2.82. The van der Waals surface area contributed by atoms with Crippen LogP contribution in [0.25, 0.3) is 0 Å². The minimum atomic E-state index is -0.929. The van der Waals surface area contributed by atoms with Crippen LogP contribution >= 0.6 is 11.8 Å². The van der Waals surface area contributed by atoms with Crippen molar-refractivity contribution in [1.29, 1.82) is 0 Å². The first-order valence-electron chi connectivity index (χ1n) is 15.2. The number of likely N-dealkylation sites (N-methyl/N-ethyl adjacent to an activating group) is 1. The summed E-state index contributed by atoms with van der Waals surface area (Å²) in [6, 6.07) is 16.3. The van der Waals surface area contributed by atoms with Crippen molar-refractivity contribution in [1.82, 2.24) is 9.80 Å². The Bertz CT molecular complexity index is 1430. The molecule has 226 valence electrons. The van der Waals surface area contributed by atoms with Crippen LogP contribution in [0.15, 0.2) is 78.9 Å². The van der Waals surface area contributed by atoms with Crippen LogP contribution in [0.4, 0.5) is 11.4 Å². The Balaban J connectivity index is 1.44. The highest BCUT2D eigenvalue weighted by atomic mass is 32.2. The van der Waals surface area contributed by atoms with Crippen molar-refractivity contribution in [2.45, 2.75) is 42.3 Å². The van der Waals surface area contributed by atoms with E-state index in [1.165, 1.54) is 0 Å². The molecule has 2 aromatic rings. The van der Waals surface area contributed by atoms with Gasteiger partial charge >= 0.3 is 0 Å². The molecule has 6 atom stereocenters. The molecule has 0 aromatic heterocycles. The van der Waals surface area contributed by atoms with E-state index >= 15 is 0 Å². The number of carbonyl (C=O) groups is 3. The lowest BCUT2D eigenvalue weighted by Gasteiger charge is -2.38. The van der Waals surface area contributed by atoms with Crippen LogP contribution in [-0.4, -0.2) is 94.5 Å². The molecule has 1 spiro atoms. The molecule has 1 unspecified atom stereocenters. The number of likely N-dealkylation sites (tertiary alicyclic amines) is 1. The van der Waals surface area contributed by atoms with Crippen molar-refractivity contribution in [2.24, 2.45) is 11.8 Å². The Kier molecular flexibility index (Phi) is 8.13. The molecule has 0 radical (unpaired) electrons. The molecule has 4 heterocycles. The SMILES string of the molecule is CCN(CC)c1ccc(N2CC=C[C@]34S[C@@H]5C=CCN(C)C(=O)[C@@H]5[C@H]3C(=O)N([C@@H](CO)Cc3ccccc3)C4C2=O)cc1. The second-order valence-corrected chi connectivity index (χ2v) is 13.3. The molecule has 4 aliphatic rings. The second-order valence-electron chi connectivity index (χ2n) is 11.8. The lowest BCUT2D eigenvalue weighted by molar-refractivity contribution is -0.144. The van der Waals surface area contributed by atoms with Crippen LogP contribution in [0.3, 0.4) is 0 Å². The summed E-state index contributed by atoms with van der Waals surface area (Å²) in [5.74, 6) is -1.77. The third-order valence-corrected chi connectivity index (χ3v) is 11.3. The fourth-order valence-electron chi connectivity index (χ4n) is 7.40. The molecule has 0 aliphatic carbocycles. The molecule has 43 heavy (non-hydrogen) atoms. The number of fused-ring (bicyclic) bond motifs is 2. The number of amides is 3. The molecule has 0 bridgehead atoms. The van der Waals surface area contributed by atoms with Gasteiger partial charge < -0.3 is 24.7 Å². The fraction of sp³-hybridized carbons (Fsp3) is 0.441.